The summed E-state index contributed by atoms with van der Waals surface area (Å²) in [4.78, 5) is 31.0. The van der Waals surface area contributed by atoms with E-state index in [0.29, 0.717) is 39.4 Å². The molecule has 2 amide bonds. The normalized spacial score (nSPS) is 32.5. The second-order valence-electron chi connectivity index (χ2n) is 8.67. The van der Waals surface area contributed by atoms with Crippen LogP contribution in [0.3, 0.4) is 0 Å². The zero-order valence-electron chi connectivity index (χ0n) is 17.2. The molecule has 0 aromatic heterocycles. The SMILES string of the molecule is O=C(C1CN(CC2CCCO2)CC2C(=O)N(c3ccccc3)NC12)N1CCOCC1. The number of amides is 2. The number of hydrogen-bond donors (Lipinski definition) is 1. The lowest BCUT2D eigenvalue weighted by molar-refractivity contribution is -0.144. The molecule has 5 rings (SSSR count). The molecule has 4 heterocycles. The fourth-order valence-corrected chi connectivity index (χ4v) is 5.18. The third-order valence-corrected chi connectivity index (χ3v) is 6.73. The predicted octanol–water partition coefficient (Wildman–Crippen LogP) is 0.492. The molecule has 4 aliphatic heterocycles. The van der Waals surface area contributed by atoms with Gasteiger partial charge in [0, 0.05) is 39.3 Å². The molecule has 0 aliphatic carbocycles. The van der Waals surface area contributed by atoms with E-state index in [-0.39, 0.29) is 35.8 Å². The highest BCUT2D eigenvalue weighted by atomic mass is 16.5. The summed E-state index contributed by atoms with van der Waals surface area (Å²) in [6, 6.07) is 9.44. The molecule has 4 atom stereocenters. The van der Waals surface area contributed by atoms with E-state index in [9.17, 15) is 9.59 Å². The third kappa shape index (κ3) is 3.85. The van der Waals surface area contributed by atoms with Crippen molar-refractivity contribution in [2.75, 3.05) is 57.6 Å². The van der Waals surface area contributed by atoms with Crippen LogP contribution in [0.25, 0.3) is 0 Å². The van der Waals surface area contributed by atoms with E-state index in [4.69, 9.17) is 9.47 Å². The number of likely N-dealkylation sites (tertiary alicyclic amines) is 1. The van der Waals surface area contributed by atoms with Crippen molar-refractivity contribution in [3.05, 3.63) is 30.3 Å². The van der Waals surface area contributed by atoms with Crippen molar-refractivity contribution in [3.63, 3.8) is 0 Å². The van der Waals surface area contributed by atoms with Crippen LogP contribution in [0.4, 0.5) is 5.69 Å². The number of piperidine rings is 1. The predicted molar refractivity (Wildman–Crippen MR) is 111 cm³/mol. The van der Waals surface area contributed by atoms with Crippen LogP contribution in [-0.4, -0.2) is 86.3 Å². The van der Waals surface area contributed by atoms with Gasteiger partial charge in [0.2, 0.25) is 11.8 Å². The van der Waals surface area contributed by atoms with Crippen molar-refractivity contribution in [2.24, 2.45) is 11.8 Å². The second-order valence-corrected chi connectivity index (χ2v) is 8.67. The van der Waals surface area contributed by atoms with E-state index in [1.54, 1.807) is 5.01 Å². The van der Waals surface area contributed by atoms with Gasteiger partial charge in [-0.3, -0.25) is 14.5 Å². The number of carbonyl (C=O) groups excluding carboxylic acids is 2. The number of morpholine rings is 1. The van der Waals surface area contributed by atoms with E-state index < -0.39 is 0 Å². The molecule has 4 saturated heterocycles. The molecule has 8 heteroatoms. The Bertz CT molecular complexity index is 764. The summed E-state index contributed by atoms with van der Waals surface area (Å²) in [6.07, 6.45) is 2.34. The molecule has 0 saturated carbocycles. The van der Waals surface area contributed by atoms with E-state index in [0.717, 1.165) is 31.7 Å². The van der Waals surface area contributed by atoms with Crippen LogP contribution >= 0.6 is 0 Å². The smallest absolute Gasteiger partial charge is 0.247 e. The number of hydrazine groups is 1. The average Bonchev–Trinajstić information content (AvgIpc) is 3.42. The highest BCUT2D eigenvalue weighted by molar-refractivity contribution is 5.98. The van der Waals surface area contributed by atoms with Gasteiger partial charge in [-0.2, -0.15) is 0 Å². The molecule has 4 aliphatic rings. The second kappa shape index (κ2) is 8.63. The number of carbonyl (C=O) groups is 2. The Morgan fingerprint density at radius 1 is 1.10 bits per heavy atom. The van der Waals surface area contributed by atoms with Gasteiger partial charge in [-0.05, 0) is 25.0 Å². The Morgan fingerprint density at radius 2 is 1.90 bits per heavy atom. The standard InChI is InChI=1S/C22H30N4O4/c27-21(25-8-11-29-12-9-25)18-14-24(13-17-7-4-10-30-17)15-19-20(18)23-26(22(19)28)16-5-2-1-3-6-16/h1-3,5-6,17-20,23H,4,7-15H2. The van der Waals surface area contributed by atoms with Gasteiger partial charge in [0.25, 0.3) is 0 Å². The molecule has 8 nitrogen and oxygen atoms in total. The zero-order chi connectivity index (χ0) is 20.5. The van der Waals surface area contributed by atoms with Crippen molar-refractivity contribution >= 4 is 17.5 Å². The Morgan fingerprint density at radius 3 is 2.63 bits per heavy atom. The fraction of sp³-hybridized carbons (Fsp3) is 0.636. The lowest BCUT2D eigenvalue weighted by Gasteiger charge is -2.41. The lowest BCUT2D eigenvalue weighted by Crippen LogP contribution is -2.59. The maximum absolute atomic E-state index is 13.5. The first-order valence-electron chi connectivity index (χ1n) is 11.1. The summed E-state index contributed by atoms with van der Waals surface area (Å²) < 4.78 is 11.3. The van der Waals surface area contributed by atoms with E-state index in [1.165, 1.54) is 0 Å². The number of rotatable bonds is 4. The van der Waals surface area contributed by atoms with Crippen molar-refractivity contribution in [1.29, 1.82) is 0 Å². The topological polar surface area (TPSA) is 74.4 Å². The zero-order valence-corrected chi connectivity index (χ0v) is 17.2. The van der Waals surface area contributed by atoms with Crippen molar-refractivity contribution in [2.45, 2.75) is 25.0 Å². The summed E-state index contributed by atoms with van der Waals surface area (Å²) in [6.45, 7) is 5.30. The van der Waals surface area contributed by atoms with Crippen LogP contribution in [0.15, 0.2) is 30.3 Å². The number of nitrogens with zero attached hydrogens (tertiary/aromatic N) is 3. The van der Waals surface area contributed by atoms with Crippen molar-refractivity contribution in [3.8, 4) is 0 Å². The first-order chi connectivity index (χ1) is 14.7. The third-order valence-electron chi connectivity index (χ3n) is 6.73. The largest absolute Gasteiger partial charge is 0.378 e. The summed E-state index contributed by atoms with van der Waals surface area (Å²) in [5, 5.41) is 1.64. The summed E-state index contributed by atoms with van der Waals surface area (Å²) in [7, 11) is 0. The molecular formula is C22H30N4O4. The van der Waals surface area contributed by atoms with Crippen molar-refractivity contribution in [1.82, 2.24) is 15.2 Å². The molecule has 4 unspecified atom stereocenters. The number of nitrogens with one attached hydrogen (secondary N) is 1. The maximum Gasteiger partial charge on any atom is 0.247 e. The molecule has 0 spiro atoms. The quantitative estimate of drug-likeness (QED) is 0.773. The molecule has 0 bridgehead atoms. The highest BCUT2D eigenvalue weighted by Crippen LogP contribution is 2.33. The van der Waals surface area contributed by atoms with Crippen LogP contribution in [0.5, 0.6) is 0 Å². The molecule has 30 heavy (non-hydrogen) atoms. The Balaban J connectivity index is 1.38. The monoisotopic (exact) mass is 414 g/mol. The van der Waals surface area contributed by atoms with Crippen molar-refractivity contribution < 1.29 is 19.1 Å². The number of fused-ring (bicyclic) bond motifs is 1. The van der Waals surface area contributed by atoms with Gasteiger partial charge in [-0.1, -0.05) is 18.2 Å². The van der Waals surface area contributed by atoms with Crippen LogP contribution in [-0.2, 0) is 19.1 Å². The minimum Gasteiger partial charge on any atom is -0.378 e. The van der Waals surface area contributed by atoms with Gasteiger partial charge in [0.1, 0.15) is 0 Å². The molecule has 1 N–H and O–H groups in total. The number of anilines is 1. The molecule has 162 valence electrons. The minimum absolute atomic E-state index is 0.0445. The first-order valence-corrected chi connectivity index (χ1v) is 11.1. The molecule has 1 aromatic rings. The summed E-state index contributed by atoms with van der Waals surface area (Å²) in [5.41, 5.74) is 4.21. The summed E-state index contributed by atoms with van der Waals surface area (Å²) >= 11 is 0. The maximum atomic E-state index is 13.5. The Kier molecular flexibility index (Phi) is 5.73. The van der Waals surface area contributed by atoms with Crippen LogP contribution in [0.1, 0.15) is 12.8 Å². The highest BCUT2D eigenvalue weighted by Gasteiger charge is 2.51. The van der Waals surface area contributed by atoms with Gasteiger partial charge < -0.3 is 14.4 Å². The van der Waals surface area contributed by atoms with Crippen LogP contribution in [0.2, 0.25) is 0 Å². The number of ether oxygens (including phenoxy) is 2. The molecule has 1 aromatic carbocycles. The van der Waals surface area contributed by atoms with E-state index >= 15 is 0 Å². The van der Waals surface area contributed by atoms with Gasteiger partial charge in [-0.25, -0.2) is 10.4 Å². The number of para-hydroxylation sites is 1. The van der Waals surface area contributed by atoms with E-state index in [2.05, 4.69) is 10.3 Å². The van der Waals surface area contributed by atoms with Crippen LogP contribution < -0.4 is 10.4 Å². The van der Waals surface area contributed by atoms with E-state index in [1.807, 2.05) is 35.2 Å². The lowest BCUT2D eigenvalue weighted by atomic mass is 9.83. The minimum atomic E-state index is -0.263. The van der Waals surface area contributed by atoms with Gasteiger partial charge >= 0.3 is 0 Å². The fourth-order valence-electron chi connectivity index (χ4n) is 5.18. The molecule has 4 fully saturated rings. The molecule has 0 radical (unpaired) electrons. The summed E-state index contributed by atoms with van der Waals surface area (Å²) in [5.74, 6) is -0.333. The Labute approximate surface area is 177 Å². The van der Waals surface area contributed by atoms with Gasteiger partial charge in [0.05, 0.1) is 42.9 Å². The Hall–Kier alpha value is -2.00. The van der Waals surface area contributed by atoms with Crippen LogP contribution in [0, 0.1) is 11.8 Å². The van der Waals surface area contributed by atoms with Gasteiger partial charge in [-0.15, -0.1) is 0 Å². The number of benzene rings is 1. The van der Waals surface area contributed by atoms with Gasteiger partial charge in [0.15, 0.2) is 0 Å². The molecular weight excluding hydrogens is 384 g/mol. The number of hydrogen-bond acceptors (Lipinski definition) is 6. The first kappa shape index (κ1) is 19.9. The average molecular weight is 415 g/mol.